The lowest BCUT2D eigenvalue weighted by molar-refractivity contribution is 0.0603. The summed E-state index contributed by atoms with van der Waals surface area (Å²) < 4.78 is 0. The lowest BCUT2D eigenvalue weighted by Crippen LogP contribution is -2.46. The largest absolute Gasteiger partial charge is 0.390 e. The van der Waals surface area contributed by atoms with Crippen molar-refractivity contribution in [2.24, 2.45) is 5.16 Å². The van der Waals surface area contributed by atoms with Gasteiger partial charge in [-0.25, -0.2) is 4.79 Å². The van der Waals surface area contributed by atoms with Gasteiger partial charge in [-0.15, -0.1) is 0 Å². The van der Waals surface area contributed by atoms with Crippen LogP contribution in [0.1, 0.15) is 39.2 Å². The van der Waals surface area contributed by atoms with Crippen molar-refractivity contribution in [3.8, 4) is 0 Å². The first-order chi connectivity index (χ1) is 11.0. The van der Waals surface area contributed by atoms with Crippen LogP contribution in [0.5, 0.6) is 0 Å². The lowest BCUT2D eigenvalue weighted by atomic mass is 10.0. The van der Waals surface area contributed by atoms with E-state index < -0.39 is 0 Å². The Kier molecular flexibility index (Phi) is 6.28. The number of benzene rings is 1. The van der Waals surface area contributed by atoms with Crippen LogP contribution in [0.4, 0.5) is 4.79 Å². The zero-order chi connectivity index (χ0) is 16.8. The smallest absolute Gasteiger partial charge is 0.317 e. The molecule has 0 fully saturated rings. The van der Waals surface area contributed by atoms with Gasteiger partial charge in [0.2, 0.25) is 0 Å². The molecule has 1 N–H and O–H groups in total. The SMILES string of the molecule is CCCN(CC1CC(c2ccc(Cl)cc2)=NO1)C(=O)NC(C)C. The minimum Gasteiger partial charge on any atom is -0.390 e. The Hall–Kier alpha value is -1.75. The summed E-state index contributed by atoms with van der Waals surface area (Å²) in [6.45, 7) is 7.20. The number of halogens is 1. The van der Waals surface area contributed by atoms with Crippen molar-refractivity contribution >= 4 is 23.3 Å². The van der Waals surface area contributed by atoms with Gasteiger partial charge in [0, 0.05) is 24.0 Å². The monoisotopic (exact) mass is 337 g/mol. The average molecular weight is 338 g/mol. The third-order valence-corrected chi connectivity index (χ3v) is 3.78. The van der Waals surface area contributed by atoms with Gasteiger partial charge in [-0.1, -0.05) is 35.8 Å². The summed E-state index contributed by atoms with van der Waals surface area (Å²) in [6, 6.07) is 7.61. The molecule has 5 nitrogen and oxygen atoms in total. The Morgan fingerprint density at radius 1 is 1.43 bits per heavy atom. The molecule has 0 bridgehead atoms. The van der Waals surface area contributed by atoms with Crippen LogP contribution in [0.25, 0.3) is 0 Å². The topological polar surface area (TPSA) is 53.9 Å². The fraction of sp³-hybridized carbons (Fsp3) is 0.529. The first-order valence-corrected chi connectivity index (χ1v) is 8.41. The van der Waals surface area contributed by atoms with Gasteiger partial charge >= 0.3 is 6.03 Å². The predicted octanol–water partition coefficient (Wildman–Crippen LogP) is 3.66. The van der Waals surface area contributed by atoms with E-state index in [1.807, 2.05) is 38.1 Å². The van der Waals surface area contributed by atoms with Gasteiger partial charge in [0.05, 0.1) is 12.3 Å². The molecule has 2 rings (SSSR count). The molecule has 0 saturated carbocycles. The Morgan fingerprint density at radius 2 is 2.13 bits per heavy atom. The molecular weight excluding hydrogens is 314 g/mol. The van der Waals surface area contributed by atoms with Crippen molar-refractivity contribution in [1.29, 1.82) is 0 Å². The molecule has 1 aromatic rings. The van der Waals surface area contributed by atoms with Gasteiger partial charge in [-0.05, 0) is 38.0 Å². The van der Waals surface area contributed by atoms with Crippen LogP contribution in [0, 0.1) is 0 Å². The number of hydrogen-bond acceptors (Lipinski definition) is 3. The molecule has 1 aliphatic rings. The molecule has 23 heavy (non-hydrogen) atoms. The van der Waals surface area contributed by atoms with Gasteiger partial charge in [0.15, 0.2) is 6.10 Å². The molecule has 1 unspecified atom stereocenters. The minimum atomic E-state index is -0.106. The molecule has 0 spiro atoms. The zero-order valence-corrected chi connectivity index (χ0v) is 14.6. The zero-order valence-electron chi connectivity index (χ0n) is 13.9. The molecule has 1 atom stereocenters. The number of rotatable bonds is 6. The van der Waals surface area contributed by atoms with Gasteiger partial charge in [0.1, 0.15) is 0 Å². The normalized spacial score (nSPS) is 16.9. The van der Waals surface area contributed by atoms with E-state index in [1.54, 1.807) is 4.90 Å². The van der Waals surface area contributed by atoms with Crippen molar-refractivity contribution in [2.75, 3.05) is 13.1 Å². The summed E-state index contributed by atoms with van der Waals surface area (Å²) in [7, 11) is 0. The van der Waals surface area contributed by atoms with Crippen molar-refractivity contribution in [2.45, 2.75) is 45.8 Å². The van der Waals surface area contributed by atoms with E-state index in [2.05, 4.69) is 17.4 Å². The molecule has 1 heterocycles. The van der Waals surface area contributed by atoms with E-state index in [-0.39, 0.29) is 18.2 Å². The highest BCUT2D eigenvalue weighted by Crippen LogP contribution is 2.19. The maximum absolute atomic E-state index is 12.2. The number of carbonyl (C=O) groups excluding carboxylic acids is 1. The second kappa shape index (κ2) is 8.20. The number of hydrogen-bond donors (Lipinski definition) is 1. The van der Waals surface area contributed by atoms with Crippen molar-refractivity contribution in [3.63, 3.8) is 0 Å². The van der Waals surface area contributed by atoms with Gasteiger partial charge in [0.25, 0.3) is 0 Å². The summed E-state index contributed by atoms with van der Waals surface area (Å²) in [5, 5.41) is 7.79. The highest BCUT2D eigenvalue weighted by molar-refractivity contribution is 6.30. The molecule has 6 heteroatoms. The lowest BCUT2D eigenvalue weighted by Gasteiger charge is -2.25. The maximum Gasteiger partial charge on any atom is 0.317 e. The van der Waals surface area contributed by atoms with Crippen LogP contribution in [0.2, 0.25) is 5.02 Å². The second-order valence-corrected chi connectivity index (χ2v) is 6.46. The molecule has 0 aliphatic carbocycles. The van der Waals surface area contributed by atoms with Crippen LogP contribution in [0.15, 0.2) is 29.4 Å². The van der Waals surface area contributed by atoms with E-state index >= 15 is 0 Å². The summed E-state index contributed by atoms with van der Waals surface area (Å²) in [5.74, 6) is 0. The van der Waals surface area contributed by atoms with Crippen LogP contribution < -0.4 is 5.32 Å². The maximum atomic E-state index is 12.2. The molecule has 1 aromatic carbocycles. The summed E-state index contributed by atoms with van der Waals surface area (Å²) >= 11 is 5.90. The molecule has 0 saturated heterocycles. The minimum absolute atomic E-state index is 0.0506. The average Bonchev–Trinajstić information content (AvgIpc) is 2.95. The number of urea groups is 1. The Balaban J connectivity index is 1.93. The van der Waals surface area contributed by atoms with Crippen molar-refractivity contribution in [1.82, 2.24) is 10.2 Å². The van der Waals surface area contributed by atoms with E-state index in [1.165, 1.54) is 0 Å². The first kappa shape index (κ1) is 17.6. The number of oxime groups is 1. The molecular formula is C17H24ClN3O2. The second-order valence-electron chi connectivity index (χ2n) is 6.03. The highest BCUT2D eigenvalue weighted by atomic mass is 35.5. The standard InChI is InChI=1S/C17H24ClN3O2/c1-4-9-21(17(22)19-12(2)3)11-15-10-16(20-23-15)13-5-7-14(18)8-6-13/h5-8,12,15H,4,9-11H2,1-3H3,(H,19,22). The third kappa shape index (κ3) is 5.13. The van der Waals surface area contributed by atoms with E-state index in [0.717, 1.165) is 17.7 Å². The Labute approximate surface area is 142 Å². The number of amides is 2. The van der Waals surface area contributed by atoms with E-state index in [4.69, 9.17) is 16.4 Å². The molecule has 126 valence electrons. The summed E-state index contributed by atoms with van der Waals surface area (Å²) in [6.07, 6.45) is 1.49. The number of nitrogens with one attached hydrogen (secondary N) is 1. The fourth-order valence-electron chi connectivity index (χ4n) is 2.47. The summed E-state index contributed by atoms with van der Waals surface area (Å²) in [4.78, 5) is 19.5. The van der Waals surface area contributed by atoms with Crippen molar-refractivity contribution in [3.05, 3.63) is 34.9 Å². The van der Waals surface area contributed by atoms with E-state index in [0.29, 0.717) is 24.5 Å². The molecule has 1 aliphatic heterocycles. The summed E-state index contributed by atoms with van der Waals surface area (Å²) in [5.41, 5.74) is 1.90. The van der Waals surface area contributed by atoms with Crippen LogP contribution in [-0.4, -0.2) is 41.9 Å². The first-order valence-electron chi connectivity index (χ1n) is 8.03. The van der Waals surface area contributed by atoms with E-state index in [9.17, 15) is 4.79 Å². The molecule has 0 radical (unpaired) electrons. The van der Waals surface area contributed by atoms with Crippen molar-refractivity contribution < 1.29 is 9.63 Å². The number of carbonyl (C=O) groups is 1. The number of nitrogens with zero attached hydrogens (tertiary/aromatic N) is 2. The van der Waals surface area contributed by atoms with Crippen LogP contribution >= 0.6 is 11.6 Å². The molecule has 0 aromatic heterocycles. The van der Waals surface area contributed by atoms with Gasteiger partial charge in [-0.3, -0.25) is 0 Å². The highest BCUT2D eigenvalue weighted by Gasteiger charge is 2.26. The predicted molar refractivity (Wildman–Crippen MR) is 93.0 cm³/mol. The van der Waals surface area contributed by atoms with Crippen LogP contribution in [-0.2, 0) is 4.84 Å². The van der Waals surface area contributed by atoms with Crippen LogP contribution in [0.3, 0.4) is 0 Å². The third-order valence-electron chi connectivity index (χ3n) is 3.53. The Bertz CT molecular complexity index is 557. The quantitative estimate of drug-likeness (QED) is 0.861. The fourth-order valence-corrected chi connectivity index (χ4v) is 2.59. The van der Waals surface area contributed by atoms with Gasteiger partial charge < -0.3 is 15.1 Å². The molecule has 2 amide bonds. The Morgan fingerprint density at radius 3 is 2.74 bits per heavy atom. The van der Waals surface area contributed by atoms with Gasteiger partial charge in [-0.2, -0.15) is 0 Å².